The van der Waals surface area contributed by atoms with E-state index in [1.54, 1.807) is 6.08 Å². The van der Waals surface area contributed by atoms with E-state index in [0.29, 0.717) is 0 Å². The van der Waals surface area contributed by atoms with Crippen molar-refractivity contribution in [2.45, 2.75) is 249 Å². The van der Waals surface area contributed by atoms with Gasteiger partial charge in [0.2, 0.25) is 5.91 Å². The summed E-state index contributed by atoms with van der Waals surface area (Å²) in [5, 5.41) is 32.4. The van der Waals surface area contributed by atoms with Crippen LogP contribution in [0.25, 0.3) is 0 Å². The van der Waals surface area contributed by atoms with Crippen LogP contribution < -0.4 is 5.32 Å². The van der Waals surface area contributed by atoms with Gasteiger partial charge < -0.3 is 30.3 Å². The molecule has 0 aromatic heterocycles. The number of rotatable bonds is 37. The average molecular weight is 1050 g/mol. The van der Waals surface area contributed by atoms with E-state index in [-0.39, 0.29) is 6.61 Å². The van der Waals surface area contributed by atoms with Crippen LogP contribution in [0, 0.1) is 0 Å². The third-order valence-electron chi connectivity index (χ3n) is 13.5. The highest BCUT2D eigenvalue weighted by Gasteiger charge is 2.48. The van der Waals surface area contributed by atoms with Crippen LogP contribution in [0.2, 0.25) is 0 Å². The van der Waals surface area contributed by atoms with E-state index in [2.05, 4.69) is 142 Å². The lowest BCUT2D eigenvalue weighted by Gasteiger charge is -2.42. The molecule has 1 amide bonds. The quantitative estimate of drug-likeness (QED) is 0.0302. The van der Waals surface area contributed by atoms with Gasteiger partial charge >= 0.3 is 7.82 Å². The first-order chi connectivity index (χ1) is 35.0. The minimum Gasteiger partial charge on any atom is -0.394 e. The van der Waals surface area contributed by atoms with Gasteiger partial charge in [0, 0.05) is 6.92 Å². The first kappa shape index (κ1) is 68.6. The van der Waals surface area contributed by atoms with Crippen molar-refractivity contribution in [1.29, 1.82) is 0 Å². The monoisotopic (exact) mass is 1050 g/mol. The van der Waals surface area contributed by atoms with Gasteiger partial charge in [0.15, 0.2) is 6.29 Å². The fraction of sp³-hybridized carbons (Fsp3) is 0.635. The number of aliphatic hydroxyl groups is 3. The van der Waals surface area contributed by atoms with E-state index in [4.69, 9.17) is 13.8 Å². The molecule has 1 aliphatic heterocycles. The molecule has 1 aliphatic rings. The molecule has 5 N–H and O–H groups in total. The molecule has 0 aliphatic carbocycles. The highest BCUT2D eigenvalue weighted by atomic mass is 31.2. The summed E-state index contributed by atoms with van der Waals surface area (Å²) in [7, 11) is -4.71. The zero-order valence-corrected chi connectivity index (χ0v) is 49.5. The zero-order valence-electron chi connectivity index (χ0n) is 48.6. The Bertz CT molecular complexity index is 2060. The number of carbonyl (C=O) groups is 1. The van der Waals surface area contributed by atoms with Gasteiger partial charge in [-0.1, -0.05) is 128 Å². The summed E-state index contributed by atoms with van der Waals surface area (Å²) in [6, 6.07) is -1.36. The molecule has 1 rings (SSSR count). The van der Waals surface area contributed by atoms with Gasteiger partial charge in [-0.15, -0.1) is 0 Å². The first-order valence-corrected chi connectivity index (χ1v) is 29.3. The maximum atomic E-state index is 12.7. The smallest absolute Gasteiger partial charge is 0.394 e. The van der Waals surface area contributed by atoms with Gasteiger partial charge in [0.05, 0.1) is 13.2 Å². The molecule has 1 fully saturated rings. The maximum absolute atomic E-state index is 12.7. The molecule has 11 heteroatoms. The summed E-state index contributed by atoms with van der Waals surface area (Å²) < 4.78 is 28.2. The second-order valence-corrected chi connectivity index (χ2v) is 22.9. The van der Waals surface area contributed by atoms with E-state index in [1.165, 1.54) is 75.5 Å². The number of hydrogen-bond donors (Lipinski definition) is 5. The Morgan fingerprint density at radius 2 is 0.730 bits per heavy atom. The molecule has 0 bridgehead atoms. The standard InChI is InChI=1S/C63H104NO9P/c1-47(2)24-14-25-48(3)26-15-27-49(4)28-16-29-50(5)30-17-31-51(6)32-18-33-52(7)34-19-35-53(8)36-20-37-54(9)38-21-39-55(10)40-22-41-56(11)42-23-43-57(12)44-45-71-74(69,70)73-63-60(64-58(13)66)62(68)61(67)59(46-65)72-63/h24,26,28,30,32,34,36,38,40,42,44,59-63,65,67-68H,14-23,25,27,29,31,33,35,37,39,41,43,45-46H2,1-13H3,(H,64,66)(H,69,70)/b48-26+,49-28+,50-30+,51-32+,52-34+,53-36+,54-38+,55-40+,56-42+,57-44+/t59-,60-,61+,62-,63+/m1/s1. The number of aliphatic hydroxyl groups excluding tert-OH is 3. The molecule has 0 radical (unpaired) electrons. The molecule has 1 saturated heterocycles. The highest BCUT2D eigenvalue weighted by Crippen LogP contribution is 2.46. The summed E-state index contributed by atoms with van der Waals surface area (Å²) in [6.45, 7) is 26.8. The van der Waals surface area contributed by atoms with Gasteiger partial charge in [0.25, 0.3) is 0 Å². The Hall–Kier alpha value is -3.44. The molecule has 0 aromatic rings. The minimum absolute atomic E-state index is 0.212. The summed E-state index contributed by atoms with van der Waals surface area (Å²) in [5.41, 5.74) is 15.6. The molecule has 6 atom stereocenters. The summed E-state index contributed by atoms with van der Waals surface area (Å²) in [6.07, 6.45) is 41.1. The number of ether oxygens (including phenoxy) is 1. The van der Waals surface area contributed by atoms with Crippen molar-refractivity contribution in [3.63, 3.8) is 0 Å². The largest absolute Gasteiger partial charge is 0.474 e. The van der Waals surface area contributed by atoms with Crippen molar-refractivity contribution < 1.29 is 43.4 Å². The number of amides is 1. The summed E-state index contributed by atoms with van der Waals surface area (Å²) >= 11 is 0. The highest BCUT2D eigenvalue weighted by molar-refractivity contribution is 7.47. The average Bonchev–Trinajstić information content (AvgIpc) is 3.31. The number of hydrogen-bond acceptors (Lipinski definition) is 8. The van der Waals surface area contributed by atoms with Gasteiger partial charge in [-0.3, -0.25) is 13.8 Å². The molecular weight excluding hydrogens is 946 g/mol. The molecule has 10 nitrogen and oxygen atoms in total. The van der Waals surface area contributed by atoms with Crippen LogP contribution in [0.1, 0.15) is 218 Å². The fourth-order valence-electron chi connectivity index (χ4n) is 8.52. The predicted molar refractivity (Wildman–Crippen MR) is 312 cm³/mol. The molecule has 74 heavy (non-hydrogen) atoms. The number of nitrogens with one attached hydrogen (secondary N) is 1. The molecule has 0 aromatic carbocycles. The second-order valence-electron chi connectivity index (χ2n) is 21.5. The van der Waals surface area contributed by atoms with Crippen LogP contribution in [0.5, 0.6) is 0 Å². The van der Waals surface area contributed by atoms with Crippen LogP contribution >= 0.6 is 7.82 Å². The van der Waals surface area contributed by atoms with Crippen LogP contribution in [0.15, 0.2) is 128 Å². The van der Waals surface area contributed by atoms with Crippen LogP contribution in [0.3, 0.4) is 0 Å². The molecule has 0 spiro atoms. The van der Waals surface area contributed by atoms with Crippen molar-refractivity contribution in [1.82, 2.24) is 5.32 Å². The second kappa shape index (κ2) is 39.9. The summed E-state index contributed by atoms with van der Waals surface area (Å²) in [5.74, 6) is -0.581. The van der Waals surface area contributed by atoms with Crippen molar-refractivity contribution in [3.8, 4) is 0 Å². The number of phosphoric ester groups is 1. The van der Waals surface area contributed by atoms with Crippen LogP contribution in [0.4, 0.5) is 0 Å². The minimum atomic E-state index is -4.71. The Morgan fingerprint density at radius 3 is 0.986 bits per heavy atom. The van der Waals surface area contributed by atoms with Gasteiger partial charge in [0.1, 0.15) is 24.4 Å². The number of phosphoric acid groups is 1. The van der Waals surface area contributed by atoms with Gasteiger partial charge in [-0.2, -0.15) is 0 Å². The van der Waals surface area contributed by atoms with E-state index < -0.39 is 51.0 Å². The number of carbonyl (C=O) groups excluding carboxylic acids is 1. The van der Waals surface area contributed by atoms with E-state index >= 15 is 0 Å². The Balaban J connectivity index is 2.30. The molecule has 420 valence electrons. The SMILES string of the molecule is CC(=O)N[C@H]1[C@H](OP(=O)(O)OC/C=C(\C)CC/C=C(\C)CC/C=C(\C)CC/C=C(\C)CC/C=C(\C)CC/C=C(\C)CC/C=C(\C)CC/C=C(\C)CC/C=C(\C)CC/C=C(\C)CCC=C(C)C)O[C@H](CO)[C@H](O)[C@@H]1O. The lowest BCUT2D eigenvalue weighted by Crippen LogP contribution is -2.64. The van der Waals surface area contributed by atoms with Gasteiger partial charge in [-0.25, -0.2) is 4.57 Å². The molecular formula is C63H104NO9P. The zero-order chi connectivity index (χ0) is 55.5. The Labute approximate surface area is 451 Å². The predicted octanol–water partition coefficient (Wildman–Crippen LogP) is 16.3. The summed E-state index contributed by atoms with van der Waals surface area (Å²) in [4.78, 5) is 21.9. The third-order valence-corrected chi connectivity index (χ3v) is 14.5. The lowest BCUT2D eigenvalue weighted by molar-refractivity contribution is -0.248. The van der Waals surface area contributed by atoms with Crippen molar-refractivity contribution in [2.75, 3.05) is 13.2 Å². The Morgan fingerprint density at radius 1 is 0.459 bits per heavy atom. The molecule has 0 saturated carbocycles. The fourth-order valence-corrected chi connectivity index (χ4v) is 9.29. The number of allylic oxidation sites excluding steroid dienone is 21. The first-order valence-electron chi connectivity index (χ1n) is 27.8. The van der Waals surface area contributed by atoms with Crippen molar-refractivity contribution >= 4 is 13.7 Å². The Kier molecular flexibility index (Phi) is 36.9. The topological polar surface area (TPSA) is 155 Å². The van der Waals surface area contributed by atoms with Crippen molar-refractivity contribution in [2.24, 2.45) is 0 Å². The van der Waals surface area contributed by atoms with E-state index in [9.17, 15) is 29.6 Å². The maximum Gasteiger partial charge on any atom is 0.474 e. The van der Waals surface area contributed by atoms with Crippen LogP contribution in [-0.4, -0.2) is 70.0 Å². The van der Waals surface area contributed by atoms with Gasteiger partial charge in [-0.05, 0) is 212 Å². The normalized spacial score (nSPS) is 21.3. The van der Waals surface area contributed by atoms with E-state index in [1.807, 2.05) is 6.92 Å². The van der Waals surface area contributed by atoms with Crippen LogP contribution in [-0.2, 0) is 23.1 Å². The molecule has 1 unspecified atom stereocenters. The lowest BCUT2D eigenvalue weighted by atomic mass is 9.97. The molecule has 1 heterocycles. The van der Waals surface area contributed by atoms with Crippen molar-refractivity contribution in [3.05, 3.63) is 128 Å². The van der Waals surface area contributed by atoms with E-state index in [0.717, 1.165) is 121 Å². The third kappa shape index (κ3) is 35.0.